The summed E-state index contributed by atoms with van der Waals surface area (Å²) in [6.45, 7) is 2.41. The van der Waals surface area contributed by atoms with Gasteiger partial charge in [-0.1, -0.05) is 48.7 Å². The molecule has 2 amide bonds. The second kappa shape index (κ2) is 13.2. The quantitative estimate of drug-likeness (QED) is 0.278. The van der Waals surface area contributed by atoms with Gasteiger partial charge in [0.1, 0.15) is 5.15 Å². The highest BCUT2D eigenvalue weighted by Crippen LogP contribution is 2.35. The highest BCUT2D eigenvalue weighted by molar-refractivity contribution is 6.29. The van der Waals surface area contributed by atoms with Crippen LogP contribution in [0.2, 0.25) is 5.15 Å². The van der Waals surface area contributed by atoms with Crippen LogP contribution in [0.15, 0.2) is 60.8 Å². The molecule has 3 aromatic rings. The second-order valence-corrected chi connectivity index (χ2v) is 11.2. The van der Waals surface area contributed by atoms with Gasteiger partial charge in [0.05, 0.1) is 23.4 Å². The van der Waals surface area contributed by atoms with Crippen LogP contribution in [0.3, 0.4) is 0 Å². The number of pyridine rings is 1. The monoisotopic (exact) mass is 574 g/mol. The molecule has 2 N–H and O–H groups in total. The van der Waals surface area contributed by atoms with E-state index >= 15 is 0 Å². The Kier molecular flexibility index (Phi) is 9.19. The summed E-state index contributed by atoms with van der Waals surface area (Å²) in [5.74, 6) is -1.13. The van der Waals surface area contributed by atoms with E-state index in [9.17, 15) is 19.5 Å². The molecule has 1 aliphatic carbocycles. The minimum absolute atomic E-state index is 0.0144. The molecule has 41 heavy (non-hydrogen) atoms. The van der Waals surface area contributed by atoms with Gasteiger partial charge in [-0.15, -0.1) is 0 Å². The highest BCUT2D eigenvalue weighted by atomic mass is 35.5. The number of aliphatic carboxylic acids is 1. The predicted molar refractivity (Wildman–Crippen MR) is 160 cm³/mol. The van der Waals surface area contributed by atoms with Gasteiger partial charge in [-0.05, 0) is 72.7 Å². The van der Waals surface area contributed by atoms with Crippen molar-refractivity contribution in [3.63, 3.8) is 0 Å². The molecule has 1 saturated carbocycles. The van der Waals surface area contributed by atoms with Crippen molar-refractivity contribution in [2.75, 3.05) is 29.9 Å². The number of hydrogen-bond acceptors (Lipinski definition) is 5. The van der Waals surface area contributed by atoms with Gasteiger partial charge < -0.3 is 20.2 Å². The largest absolute Gasteiger partial charge is 0.481 e. The third-order valence-electron chi connectivity index (χ3n) is 7.65. The van der Waals surface area contributed by atoms with Crippen LogP contribution in [0, 0.1) is 5.92 Å². The molecular formula is C32H35ClN4O4. The molecule has 2 aromatic carbocycles. The summed E-state index contributed by atoms with van der Waals surface area (Å²) in [4.78, 5) is 45.3. The van der Waals surface area contributed by atoms with Gasteiger partial charge in [-0.2, -0.15) is 0 Å². The standard InChI is InChI=1S/C32H35ClN4O4/c33-29-13-11-26(20-34-29)31(40)35-27-19-25(10-12-28(27)36-15-3-1-2-4-16-36)24-7-5-6-22(18-24)21-37(17-14-30(38)39)32(41)23-8-9-23/h5-7,10-13,18-20,23H,1-4,8-9,14-17,21H2,(H,35,40)(H,38,39). The third kappa shape index (κ3) is 7.64. The number of halogens is 1. The molecule has 2 fully saturated rings. The number of anilines is 2. The lowest BCUT2D eigenvalue weighted by atomic mass is 10.0. The molecule has 8 nitrogen and oxygen atoms in total. The molecular weight excluding hydrogens is 540 g/mol. The fourth-order valence-electron chi connectivity index (χ4n) is 5.26. The van der Waals surface area contributed by atoms with Gasteiger partial charge >= 0.3 is 5.97 Å². The van der Waals surface area contributed by atoms with Crippen molar-refractivity contribution < 1.29 is 19.5 Å². The Hall–Kier alpha value is -3.91. The van der Waals surface area contributed by atoms with Crippen LogP contribution in [0.4, 0.5) is 11.4 Å². The molecule has 1 aromatic heterocycles. The van der Waals surface area contributed by atoms with Gasteiger partial charge in [0.2, 0.25) is 5.91 Å². The number of nitrogens with one attached hydrogen (secondary N) is 1. The van der Waals surface area contributed by atoms with Crippen LogP contribution in [0.25, 0.3) is 11.1 Å². The van der Waals surface area contributed by atoms with Gasteiger partial charge in [0, 0.05) is 38.3 Å². The lowest BCUT2D eigenvalue weighted by Crippen LogP contribution is -2.33. The van der Waals surface area contributed by atoms with Crippen molar-refractivity contribution in [2.45, 2.75) is 51.5 Å². The minimum Gasteiger partial charge on any atom is -0.481 e. The van der Waals surface area contributed by atoms with Crippen LogP contribution >= 0.6 is 11.6 Å². The molecule has 0 radical (unpaired) electrons. The molecule has 214 valence electrons. The topological polar surface area (TPSA) is 103 Å². The fourth-order valence-corrected chi connectivity index (χ4v) is 5.38. The van der Waals surface area contributed by atoms with E-state index in [1.165, 1.54) is 19.0 Å². The Morgan fingerprint density at radius 2 is 1.73 bits per heavy atom. The first-order valence-corrected chi connectivity index (χ1v) is 14.7. The van der Waals surface area contributed by atoms with E-state index in [-0.39, 0.29) is 30.7 Å². The molecule has 0 unspecified atom stereocenters. The lowest BCUT2D eigenvalue weighted by Gasteiger charge is -2.26. The summed E-state index contributed by atoms with van der Waals surface area (Å²) >= 11 is 5.92. The maximum atomic E-state index is 13.2. The summed E-state index contributed by atoms with van der Waals surface area (Å²) in [6.07, 6.45) is 7.74. The van der Waals surface area contributed by atoms with Gasteiger partial charge in [-0.3, -0.25) is 14.4 Å². The SMILES string of the molecule is O=C(O)CCN(Cc1cccc(-c2ccc(N3CCCCCC3)c(NC(=O)c3ccc(Cl)nc3)c2)c1)C(=O)C1CC1. The molecule has 2 aliphatic rings. The minimum atomic E-state index is -0.916. The molecule has 1 aliphatic heterocycles. The smallest absolute Gasteiger partial charge is 0.305 e. The van der Waals surface area contributed by atoms with E-state index < -0.39 is 5.97 Å². The summed E-state index contributed by atoms with van der Waals surface area (Å²) < 4.78 is 0. The van der Waals surface area contributed by atoms with Crippen LogP contribution < -0.4 is 10.2 Å². The van der Waals surface area contributed by atoms with Crippen molar-refractivity contribution in [1.82, 2.24) is 9.88 Å². The summed E-state index contributed by atoms with van der Waals surface area (Å²) in [5.41, 5.74) is 4.94. The summed E-state index contributed by atoms with van der Waals surface area (Å²) in [5, 5.41) is 12.6. The summed E-state index contributed by atoms with van der Waals surface area (Å²) in [7, 11) is 0. The maximum absolute atomic E-state index is 13.2. The zero-order valence-electron chi connectivity index (χ0n) is 23.0. The Morgan fingerprint density at radius 1 is 0.976 bits per heavy atom. The molecule has 0 bridgehead atoms. The molecule has 5 rings (SSSR count). The van der Waals surface area contributed by atoms with E-state index in [0.29, 0.717) is 17.3 Å². The first kappa shape index (κ1) is 28.6. The van der Waals surface area contributed by atoms with Gasteiger partial charge in [0.25, 0.3) is 5.91 Å². The summed E-state index contributed by atoms with van der Waals surface area (Å²) in [6, 6.07) is 17.3. The van der Waals surface area contributed by atoms with Crippen molar-refractivity contribution in [3.05, 3.63) is 77.1 Å². The van der Waals surface area contributed by atoms with E-state index in [0.717, 1.165) is 66.8 Å². The first-order chi connectivity index (χ1) is 19.9. The zero-order valence-corrected chi connectivity index (χ0v) is 23.8. The number of benzene rings is 2. The maximum Gasteiger partial charge on any atom is 0.305 e. The normalized spacial score (nSPS) is 15.2. The van der Waals surface area contributed by atoms with E-state index in [1.807, 2.05) is 30.3 Å². The predicted octanol–water partition coefficient (Wildman–Crippen LogP) is 6.25. The Morgan fingerprint density at radius 3 is 2.41 bits per heavy atom. The van der Waals surface area contributed by atoms with Crippen molar-refractivity contribution >= 4 is 40.8 Å². The van der Waals surface area contributed by atoms with Crippen LogP contribution in [-0.4, -0.2) is 52.4 Å². The Bertz CT molecular complexity index is 1400. The third-order valence-corrected chi connectivity index (χ3v) is 7.87. The van der Waals surface area contributed by atoms with E-state index in [1.54, 1.807) is 17.0 Å². The average molecular weight is 575 g/mol. The van der Waals surface area contributed by atoms with Gasteiger partial charge in [0.15, 0.2) is 0 Å². The Balaban J connectivity index is 1.42. The lowest BCUT2D eigenvalue weighted by molar-refractivity contribution is -0.139. The van der Waals surface area contributed by atoms with Crippen LogP contribution in [0.1, 0.15) is 60.9 Å². The van der Waals surface area contributed by atoms with E-state index in [4.69, 9.17) is 11.6 Å². The van der Waals surface area contributed by atoms with Crippen molar-refractivity contribution in [1.29, 1.82) is 0 Å². The second-order valence-electron chi connectivity index (χ2n) is 10.8. The Labute approximate surface area is 245 Å². The number of amides is 2. The molecule has 2 heterocycles. The molecule has 9 heteroatoms. The molecule has 0 spiro atoms. The number of carboxylic acids is 1. The van der Waals surface area contributed by atoms with Crippen LogP contribution in [0.5, 0.6) is 0 Å². The number of carboxylic acid groups (broad SMARTS) is 1. The molecule has 0 atom stereocenters. The average Bonchev–Trinajstić information content (AvgIpc) is 3.83. The zero-order chi connectivity index (χ0) is 28.8. The number of aromatic nitrogens is 1. The number of carbonyl (C=O) groups excluding carboxylic acids is 2. The first-order valence-electron chi connectivity index (χ1n) is 14.3. The van der Waals surface area contributed by atoms with Crippen LogP contribution in [-0.2, 0) is 16.1 Å². The number of nitrogens with zero attached hydrogens (tertiary/aromatic N) is 3. The van der Waals surface area contributed by atoms with Crippen molar-refractivity contribution in [2.24, 2.45) is 5.92 Å². The number of hydrogen-bond donors (Lipinski definition) is 2. The van der Waals surface area contributed by atoms with Crippen molar-refractivity contribution in [3.8, 4) is 11.1 Å². The number of rotatable bonds is 10. The van der Waals surface area contributed by atoms with E-state index in [2.05, 4.69) is 27.3 Å². The number of carbonyl (C=O) groups is 3. The molecule has 1 saturated heterocycles. The highest BCUT2D eigenvalue weighted by Gasteiger charge is 2.33. The fraction of sp³-hybridized carbons (Fsp3) is 0.375. The van der Waals surface area contributed by atoms with Gasteiger partial charge in [-0.25, -0.2) is 4.98 Å².